The van der Waals surface area contributed by atoms with Crippen LogP contribution in [0.5, 0.6) is 0 Å². The van der Waals surface area contributed by atoms with Crippen molar-refractivity contribution < 1.29 is 4.57 Å². The number of hydrogen-bond acceptors (Lipinski definition) is 1. The molecule has 0 aliphatic carbocycles. The molecule has 22 heavy (non-hydrogen) atoms. The van der Waals surface area contributed by atoms with Crippen LogP contribution in [0.25, 0.3) is 0 Å². The first kappa shape index (κ1) is 17.0. The van der Waals surface area contributed by atoms with Crippen LogP contribution in [0.2, 0.25) is 0 Å². The summed E-state index contributed by atoms with van der Waals surface area (Å²) in [7, 11) is -2.80. The van der Waals surface area contributed by atoms with E-state index in [0.717, 1.165) is 23.5 Å². The summed E-state index contributed by atoms with van der Waals surface area (Å²) < 4.78 is 13.9. The molecule has 0 aromatic heterocycles. The maximum Gasteiger partial charge on any atom is 0.204 e. The summed E-state index contributed by atoms with van der Waals surface area (Å²) in [5.41, 5.74) is 0. The Labute approximate surface area is 134 Å². The summed E-state index contributed by atoms with van der Waals surface area (Å²) in [6.07, 6.45) is 2.00. The molecule has 118 valence electrons. The molecule has 1 atom stereocenters. The molecule has 0 saturated heterocycles. The summed E-state index contributed by atoms with van der Waals surface area (Å²) >= 11 is 0. The largest absolute Gasteiger partial charge is 0.297 e. The lowest BCUT2D eigenvalue weighted by atomic mass is 10.0. The molecule has 0 spiro atoms. The van der Waals surface area contributed by atoms with E-state index in [2.05, 4.69) is 25.9 Å². The van der Waals surface area contributed by atoms with Crippen LogP contribution >= 0.6 is 7.29 Å². The topological polar surface area (TPSA) is 29.1 Å². The summed E-state index contributed by atoms with van der Waals surface area (Å²) in [6, 6.07) is 19.8. The van der Waals surface area contributed by atoms with E-state index in [0.29, 0.717) is 5.92 Å². The van der Waals surface area contributed by atoms with Crippen LogP contribution in [-0.4, -0.2) is 6.04 Å². The zero-order valence-electron chi connectivity index (χ0n) is 13.7. The average molecular weight is 315 g/mol. The Morgan fingerprint density at radius 1 is 0.909 bits per heavy atom. The van der Waals surface area contributed by atoms with Crippen LogP contribution in [-0.2, 0) is 4.57 Å². The third-order valence-corrected chi connectivity index (χ3v) is 6.63. The SMILES string of the molecule is CC[C@H](CC(C)C)NP(=O)(c1ccccc1)c1ccccc1. The molecule has 3 heteroatoms. The molecule has 1 N–H and O–H groups in total. The van der Waals surface area contributed by atoms with Gasteiger partial charge in [0.25, 0.3) is 0 Å². The van der Waals surface area contributed by atoms with Crippen LogP contribution in [0.3, 0.4) is 0 Å². The smallest absolute Gasteiger partial charge is 0.204 e. The van der Waals surface area contributed by atoms with Gasteiger partial charge in [-0.2, -0.15) is 0 Å². The normalized spacial score (nSPS) is 13.3. The van der Waals surface area contributed by atoms with Gasteiger partial charge in [0.1, 0.15) is 0 Å². The van der Waals surface area contributed by atoms with Crippen molar-refractivity contribution in [3.63, 3.8) is 0 Å². The van der Waals surface area contributed by atoms with Crippen molar-refractivity contribution >= 4 is 17.9 Å². The predicted octanol–water partition coefficient (Wildman–Crippen LogP) is 4.33. The third-order valence-electron chi connectivity index (χ3n) is 3.85. The van der Waals surface area contributed by atoms with Gasteiger partial charge in [-0.1, -0.05) is 57.2 Å². The van der Waals surface area contributed by atoms with Gasteiger partial charge in [0, 0.05) is 16.7 Å². The highest BCUT2D eigenvalue weighted by Crippen LogP contribution is 2.40. The third kappa shape index (κ3) is 4.09. The molecule has 0 aliphatic rings. The second-order valence-electron chi connectivity index (χ2n) is 6.14. The Morgan fingerprint density at radius 2 is 1.36 bits per heavy atom. The lowest BCUT2D eigenvalue weighted by Gasteiger charge is -2.27. The number of hydrogen-bond donors (Lipinski definition) is 1. The molecule has 0 heterocycles. The molecule has 2 nitrogen and oxygen atoms in total. The quantitative estimate of drug-likeness (QED) is 0.771. The van der Waals surface area contributed by atoms with Gasteiger partial charge in [-0.15, -0.1) is 0 Å². The number of nitrogens with one attached hydrogen (secondary N) is 1. The van der Waals surface area contributed by atoms with Crippen molar-refractivity contribution in [2.45, 2.75) is 39.7 Å². The van der Waals surface area contributed by atoms with Crippen LogP contribution < -0.4 is 15.7 Å². The lowest BCUT2D eigenvalue weighted by molar-refractivity contribution is 0.454. The van der Waals surface area contributed by atoms with Crippen molar-refractivity contribution in [1.82, 2.24) is 5.09 Å². The van der Waals surface area contributed by atoms with Crippen molar-refractivity contribution in [3.8, 4) is 0 Å². The van der Waals surface area contributed by atoms with Crippen LogP contribution in [0.15, 0.2) is 60.7 Å². The fourth-order valence-corrected chi connectivity index (χ4v) is 5.29. The van der Waals surface area contributed by atoms with Gasteiger partial charge in [-0.25, -0.2) is 0 Å². The van der Waals surface area contributed by atoms with E-state index in [1.54, 1.807) is 0 Å². The van der Waals surface area contributed by atoms with Crippen molar-refractivity contribution in [3.05, 3.63) is 60.7 Å². The minimum Gasteiger partial charge on any atom is -0.297 e. The highest BCUT2D eigenvalue weighted by Gasteiger charge is 2.29. The summed E-state index contributed by atoms with van der Waals surface area (Å²) in [5.74, 6) is 0.581. The van der Waals surface area contributed by atoms with E-state index in [-0.39, 0.29) is 6.04 Å². The van der Waals surface area contributed by atoms with Gasteiger partial charge in [0.05, 0.1) is 0 Å². The monoisotopic (exact) mass is 315 g/mol. The molecule has 0 aliphatic heterocycles. The van der Waals surface area contributed by atoms with Crippen molar-refractivity contribution in [1.29, 1.82) is 0 Å². The first-order chi connectivity index (χ1) is 10.6. The molecule has 0 unspecified atom stereocenters. The van der Waals surface area contributed by atoms with Crippen molar-refractivity contribution in [2.75, 3.05) is 0 Å². The highest BCUT2D eigenvalue weighted by molar-refractivity contribution is 7.76. The summed E-state index contributed by atoms with van der Waals surface area (Å²) in [4.78, 5) is 0. The fraction of sp³-hybridized carbons (Fsp3) is 0.368. The summed E-state index contributed by atoms with van der Waals surface area (Å²) in [6.45, 7) is 6.57. The molecule has 2 aromatic rings. The molecular weight excluding hydrogens is 289 g/mol. The van der Waals surface area contributed by atoms with E-state index in [1.807, 2.05) is 60.7 Å². The molecule has 0 fully saturated rings. The second kappa shape index (κ2) is 7.76. The van der Waals surface area contributed by atoms with E-state index >= 15 is 0 Å². The van der Waals surface area contributed by atoms with E-state index in [9.17, 15) is 4.57 Å². The molecule has 0 saturated carbocycles. The lowest BCUT2D eigenvalue weighted by Crippen LogP contribution is -2.35. The highest BCUT2D eigenvalue weighted by atomic mass is 31.2. The van der Waals surface area contributed by atoms with Gasteiger partial charge in [-0.3, -0.25) is 9.65 Å². The van der Waals surface area contributed by atoms with Crippen LogP contribution in [0, 0.1) is 5.92 Å². The van der Waals surface area contributed by atoms with E-state index < -0.39 is 7.29 Å². The first-order valence-electron chi connectivity index (χ1n) is 8.05. The van der Waals surface area contributed by atoms with Gasteiger partial charge >= 0.3 is 0 Å². The van der Waals surface area contributed by atoms with Crippen LogP contribution in [0.4, 0.5) is 0 Å². The maximum atomic E-state index is 13.9. The Hall–Kier alpha value is -1.37. The van der Waals surface area contributed by atoms with Crippen LogP contribution in [0.1, 0.15) is 33.6 Å². The molecule has 2 aromatic carbocycles. The Balaban J connectivity index is 2.41. The molecule has 0 amide bonds. The van der Waals surface area contributed by atoms with E-state index in [1.165, 1.54) is 0 Å². The maximum absolute atomic E-state index is 13.9. The van der Waals surface area contributed by atoms with Gasteiger partial charge in [-0.05, 0) is 43.0 Å². The molecule has 0 bridgehead atoms. The standard InChI is InChI=1S/C19H26NOP/c1-4-17(15-16(2)3)20-22(21,18-11-7-5-8-12-18)19-13-9-6-10-14-19/h5-14,16-17H,4,15H2,1-3H3,(H,20,21)/t17-/m1/s1. The minimum absolute atomic E-state index is 0.256. The molecule has 0 radical (unpaired) electrons. The van der Waals surface area contributed by atoms with Gasteiger partial charge < -0.3 is 0 Å². The second-order valence-corrected chi connectivity index (χ2v) is 8.65. The Kier molecular flexibility index (Phi) is 5.99. The van der Waals surface area contributed by atoms with Gasteiger partial charge in [0.2, 0.25) is 7.29 Å². The van der Waals surface area contributed by atoms with E-state index in [4.69, 9.17) is 0 Å². The minimum atomic E-state index is -2.80. The molecule has 2 rings (SSSR count). The molecular formula is C19H26NOP. The number of rotatable bonds is 7. The Bertz CT molecular complexity index is 566. The zero-order chi connectivity index (χ0) is 16.0. The van der Waals surface area contributed by atoms with Crippen molar-refractivity contribution in [2.24, 2.45) is 5.92 Å². The predicted molar refractivity (Wildman–Crippen MR) is 96.4 cm³/mol. The zero-order valence-corrected chi connectivity index (χ0v) is 14.6. The van der Waals surface area contributed by atoms with Gasteiger partial charge in [0.15, 0.2) is 0 Å². The summed E-state index contributed by atoms with van der Waals surface area (Å²) in [5, 5.41) is 5.26. The average Bonchev–Trinajstić information content (AvgIpc) is 2.55. The Morgan fingerprint density at radius 3 is 1.73 bits per heavy atom. The fourth-order valence-electron chi connectivity index (χ4n) is 2.71. The number of benzene rings is 2. The first-order valence-corrected chi connectivity index (χ1v) is 9.76.